The first-order valence-electron chi connectivity index (χ1n) is 7.08. The summed E-state index contributed by atoms with van der Waals surface area (Å²) in [7, 11) is 0. The molecule has 0 saturated carbocycles. The highest BCUT2D eigenvalue weighted by Gasteiger charge is 2.26. The highest BCUT2D eigenvalue weighted by molar-refractivity contribution is 5.73. The summed E-state index contributed by atoms with van der Waals surface area (Å²) < 4.78 is 5.66. The van der Waals surface area contributed by atoms with Gasteiger partial charge in [0.2, 0.25) is 5.91 Å². The van der Waals surface area contributed by atoms with Gasteiger partial charge in [0.1, 0.15) is 5.75 Å². The summed E-state index contributed by atoms with van der Waals surface area (Å²) in [5, 5.41) is 2.98. The molecule has 0 aliphatic carbocycles. The molecule has 1 amide bonds. The zero-order valence-electron chi connectivity index (χ0n) is 12.7. The molecule has 2 rings (SSSR count). The van der Waals surface area contributed by atoms with Crippen LogP contribution in [0.2, 0.25) is 0 Å². The van der Waals surface area contributed by atoms with Crippen molar-refractivity contribution in [2.24, 2.45) is 11.1 Å². The Morgan fingerprint density at radius 1 is 1.45 bits per heavy atom. The quantitative estimate of drug-likeness (QED) is 0.873. The van der Waals surface area contributed by atoms with Crippen LogP contribution in [0.15, 0.2) is 18.2 Å². The third-order valence-electron chi connectivity index (χ3n) is 3.74. The Labute approximate surface area is 120 Å². The number of benzene rings is 1. The summed E-state index contributed by atoms with van der Waals surface area (Å²) in [5.74, 6) is 0.827. The van der Waals surface area contributed by atoms with E-state index in [2.05, 4.69) is 32.2 Å². The Bertz CT molecular complexity index is 506. The van der Waals surface area contributed by atoms with E-state index in [1.54, 1.807) is 6.92 Å². The molecular weight excluding hydrogens is 252 g/mol. The van der Waals surface area contributed by atoms with Gasteiger partial charge in [0.15, 0.2) is 0 Å². The van der Waals surface area contributed by atoms with Crippen LogP contribution in [-0.2, 0) is 4.79 Å². The van der Waals surface area contributed by atoms with Crippen molar-refractivity contribution in [1.29, 1.82) is 0 Å². The lowest BCUT2D eigenvalue weighted by Gasteiger charge is -2.31. The molecular formula is C16H24N2O2. The Kier molecular flexibility index (Phi) is 4.04. The molecule has 1 aliphatic rings. The zero-order valence-corrected chi connectivity index (χ0v) is 12.7. The Hall–Kier alpha value is -1.55. The highest BCUT2D eigenvalue weighted by Crippen LogP contribution is 2.37. The van der Waals surface area contributed by atoms with Gasteiger partial charge in [-0.05, 0) is 23.1 Å². The fraction of sp³-hybridized carbons (Fsp3) is 0.562. The summed E-state index contributed by atoms with van der Waals surface area (Å²) in [6.07, 6.45) is 0.792. The van der Waals surface area contributed by atoms with Crippen LogP contribution in [0, 0.1) is 5.41 Å². The van der Waals surface area contributed by atoms with E-state index in [0.717, 1.165) is 23.3 Å². The molecule has 0 spiro atoms. The number of amides is 1. The van der Waals surface area contributed by atoms with E-state index in [1.807, 2.05) is 12.1 Å². The molecule has 1 heterocycles. The molecule has 20 heavy (non-hydrogen) atoms. The van der Waals surface area contributed by atoms with Crippen LogP contribution in [0.3, 0.4) is 0 Å². The maximum Gasteiger partial charge on any atom is 0.217 e. The predicted molar refractivity (Wildman–Crippen MR) is 79.5 cm³/mol. The molecule has 2 atom stereocenters. The number of nitrogens with two attached hydrogens (primary N) is 1. The average molecular weight is 276 g/mol. The highest BCUT2D eigenvalue weighted by atomic mass is 16.5. The van der Waals surface area contributed by atoms with E-state index < -0.39 is 0 Å². The third kappa shape index (κ3) is 3.12. The number of fused-ring (bicyclic) bond motifs is 1. The summed E-state index contributed by atoms with van der Waals surface area (Å²) in [5.41, 5.74) is 8.43. The molecule has 3 N–H and O–H groups in total. The van der Waals surface area contributed by atoms with Gasteiger partial charge in [-0.3, -0.25) is 4.79 Å². The monoisotopic (exact) mass is 276 g/mol. The van der Waals surface area contributed by atoms with Crippen molar-refractivity contribution in [2.75, 3.05) is 6.61 Å². The number of nitrogens with one attached hydrogen (secondary N) is 1. The zero-order chi connectivity index (χ0) is 14.9. The molecule has 110 valence electrons. The predicted octanol–water partition coefficient (Wildman–Crippen LogP) is 2.69. The lowest BCUT2D eigenvalue weighted by molar-refractivity contribution is -0.119. The van der Waals surface area contributed by atoms with Crippen LogP contribution in [0.1, 0.15) is 57.3 Å². The van der Waals surface area contributed by atoms with Crippen LogP contribution in [-0.4, -0.2) is 12.5 Å². The van der Waals surface area contributed by atoms with E-state index in [1.165, 1.54) is 0 Å². The minimum atomic E-state index is -0.0484. The molecule has 1 aromatic carbocycles. The largest absolute Gasteiger partial charge is 0.493 e. The molecule has 0 bridgehead atoms. The number of carbonyl (C=O) groups is 1. The summed E-state index contributed by atoms with van der Waals surface area (Å²) in [4.78, 5) is 11.3. The number of ether oxygens (including phenoxy) is 1. The normalized spacial score (nSPS) is 19.8. The first-order chi connectivity index (χ1) is 9.29. The van der Waals surface area contributed by atoms with Crippen molar-refractivity contribution < 1.29 is 9.53 Å². The Morgan fingerprint density at radius 2 is 2.15 bits per heavy atom. The van der Waals surface area contributed by atoms with Crippen molar-refractivity contribution in [2.45, 2.75) is 46.2 Å². The van der Waals surface area contributed by atoms with Crippen LogP contribution in [0.4, 0.5) is 0 Å². The van der Waals surface area contributed by atoms with E-state index in [0.29, 0.717) is 6.61 Å². The van der Waals surface area contributed by atoms with Gasteiger partial charge in [-0.2, -0.15) is 0 Å². The lowest BCUT2D eigenvalue weighted by Crippen LogP contribution is -2.31. The van der Waals surface area contributed by atoms with Gasteiger partial charge >= 0.3 is 0 Å². The molecule has 1 aromatic rings. The van der Waals surface area contributed by atoms with E-state index in [9.17, 15) is 4.79 Å². The number of hydrogen-bond donors (Lipinski definition) is 2. The molecule has 1 aliphatic heterocycles. The standard InChI is InChI=1S/C16H24N2O2/c1-10(19)18-13-7-8-20-14-6-5-11(9-12(13)14)15(17)16(2,3)4/h5-6,9,13,15H,7-8,17H2,1-4H3,(H,18,19). The van der Waals surface area contributed by atoms with Gasteiger partial charge in [0, 0.05) is 24.9 Å². The van der Waals surface area contributed by atoms with Crippen LogP contribution in [0.25, 0.3) is 0 Å². The van der Waals surface area contributed by atoms with Crippen LogP contribution < -0.4 is 15.8 Å². The molecule has 0 aromatic heterocycles. The first kappa shape index (κ1) is 14.9. The summed E-state index contributed by atoms with van der Waals surface area (Å²) in [6, 6.07) is 6.02. The summed E-state index contributed by atoms with van der Waals surface area (Å²) >= 11 is 0. The van der Waals surface area contributed by atoms with Crippen molar-refractivity contribution in [3.63, 3.8) is 0 Å². The third-order valence-corrected chi connectivity index (χ3v) is 3.74. The Morgan fingerprint density at radius 3 is 2.75 bits per heavy atom. The van der Waals surface area contributed by atoms with Crippen molar-refractivity contribution in [3.8, 4) is 5.75 Å². The minimum absolute atomic E-state index is 0.00668. The van der Waals surface area contributed by atoms with Crippen LogP contribution >= 0.6 is 0 Å². The van der Waals surface area contributed by atoms with Gasteiger partial charge in [-0.1, -0.05) is 26.8 Å². The van der Waals surface area contributed by atoms with Gasteiger partial charge < -0.3 is 15.8 Å². The Balaban J connectivity index is 2.35. The average Bonchev–Trinajstić information content (AvgIpc) is 2.36. The number of hydrogen-bond acceptors (Lipinski definition) is 3. The fourth-order valence-electron chi connectivity index (χ4n) is 2.50. The molecule has 0 radical (unpaired) electrons. The van der Waals surface area contributed by atoms with Crippen molar-refractivity contribution >= 4 is 5.91 Å². The second-order valence-electron chi connectivity index (χ2n) is 6.53. The second-order valence-corrected chi connectivity index (χ2v) is 6.53. The molecule has 4 heteroatoms. The van der Waals surface area contributed by atoms with Gasteiger partial charge in [-0.25, -0.2) is 0 Å². The summed E-state index contributed by atoms with van der Waals surface area (Å²) in [6.45, 7) is 8.54. The van der Waals surface area contributed by atoms with Crippen LogP contribution in [0.5, 0.6) is 5.75 Å². The lowest BCUT2D eigenvalue weighted by atomic mass is 9.82. The first-order valence-corrected chi connectivity index (χ1v) is 7.08. The fourth-order valence-corrected chi connectivity index (χ4v) is 2.50. The van der Waals surface area contributed by atoms with Crippen molar-refractivity contribution in [3.05, 3.63) is 29.3 Å². The molecule has 4 nitrogen and oxygen atoms in total. The topological polar surface area (TPSA) is 64.3 Å². The smallest absolute Gasteiger partial charge is 0.217 e. The SMILES string of the molecule is CC(=O)NC1CCOc2ccc(C(N)C(C)(C)C)cc21. The maximum absolute atomic E-state index is 11.3. The second kappa shape index (κ2) is 5.44. The minimum Gasteiger partial charge on any atom is -0.493 e. The molecule has 2 unspecified atom stereocenters. The van der Waals surface area contributed by atoms with Gasteiger partial charge in [0.25, 0.3) is 0 Å². The van der Waals surface area contributed by atoms with E-state index >= 15 is 0 Å². The van der Waals surface area contributed by atoms with E-state index in [4.69, 9.17) is 10.5 Å². The number of rotatable bonds is 2. The van der Waals surface area contributed by atoms with Crippen molar-refractivity contribution in [1.82, 2.24) is 5.32 Å². The van der Waals surface area contributed by atoms with E-state index in [-0.39, 0.29) is 23.4 Å². The van der Waals surface area contributed by atoms with Gasteiger partial charge in [-0.15, -0.1) is 0 Å². The maximum atomic E-state index is 11.3. The van der Waals surface area contributed by atoms with Gasteiger partial charge in [0.05, 0.1) is 12.6 Å². The molecule has 0 fully saturated rings. The number of carbonyl (C=O) groups excluding carboxylic acids is 1. The molecule has 0 saturated heterocycles.